The molecule has 1 saturated heterocycles. The Morgan fingerprint density at radius 3 is 2.89 bits per heavy atom. The van der Waals surface area contributed by atoms with Crippen LogP contribution in [-0.2, 0) is 4.74 Å². The highest BCUT2D eigenvalue weighted by atomic mass is 16.5. The fourth-order valence-electron chi connectivity index (χ4n) is 2.29. The van der Waals surface area contributed by atoms with E-state index in [9.17, 15) is 0 Å². The van der Waals surface area contributed by atoms with Crippen LogP contribution in [0.1, 0.15) is 40.5 Å². The van der Waals surface area contributed by atoms with E-state index in [-0.39, 0.29) is 11.7 Å². The summed E-state index contributed by atoms with van der Waals surface area (Å²) in [6, 6.07) is 2.23. The third-order valence-electron chi connectivity index (χ3n) is 3.05. The highest BCUT2D eigenvalue weighted by molar-refractivity contribution is 5.38. The third kappa shape index (κ3) is 4.35. The lowest BCUT2D eigenvalue weighted by atomic mass is 9.94. The molecule has 1 unspecified atom stereocenters. The van der Waals surface area contributed by atoms with Crippen molar-refractivity contribution in [2.75, 3.05) is 11.9 Å². The molecule has 1 aliphatic heterocycles. The number of nitrogens with one attached hydrogen (secondary N) is 1. The van der Waals surface area contributed by atoms with E-state index in [0.29, 0.717) is 11.9 Å². The molecule has 1 aromatic heterocycles. The number of hydrogen-bond acceptors (Lipinski definition) is 5. The first-order chi connectivity index (χ1) is 8.94. The number of ether oxygens (including phenoxy) is 2. The number of nitrogens with zero attached hydrogens (tertiary/aromatic N) is 2. The zero-order valence-corrected chi connectivity index (χ0v) is 12.1. The van der Waals surface area contributed by atoms with E-state index in [4.69, 9.17) is 9.47 Å². The Bertz CT molecular complexity index is 421. The molecule has 1 atom stereocenters. The minimum Gasteiger partial charge on any atom is -0.475 e. The van der Waals surface area contributed by atoms with Gasteiger partial charge < -0.3 is 14.8 Å². The van der Waals surface area contributed by atoms with E-state index < -0.39 is 0 Å². The average molecular weight is 265 g/mol. The molecule has 106 valence electrons. The highest BCUT2D eigenvalue weighted by Gasteiger charge is 2.28. The van der Waals surface area contributed by atoms with Crippen molar-refractivity contribution in [3.63, 3.8) is 0 Å². The maximum atomic E-state index is 5.71. The lowest BCUT2D eigenvalue weighted by Crippen LogP contribution is -2.40. The van der Waals surface area contributed by atoms with E-state index >= 15 is 0 Å². The van der Waals surface area contributed by atoms with Crippen molar-refractivity contribution in [2.24, 2.45) is 0 Å². The van der Waals surface area contributed by atoms with Crippen LogP contribution in [0.4, 0.5) is 5.82 Å². The molecule has 0 amide bonds. The Morgan fingerprint density at radius 1 is 1.42 bits per heavy atom. The first kappa shape index (κ1) is 14.1. The predicted octanol–water partition coefficient (Wildman–Crippen LogP) is 2.63. The molecule has 19 heavy (non-hydrogen) atoms. The molecule has 1 aliphatic rings. The SMILES string of the molecule is CC(C)Oc1cc(NC2CCOC(C)(C)C2)ncn1. The number of rotatable bonds is 4. The number of aromatic nitrogens is 2. The molecule has 0 aliphatic carbocycles. The topological polar surface area (TPSA) is 56.3 Å². The molecule has 0 aromatic carbocycles. The maximum absolute atomic E-state index is 5.71. The Balaban J connectivity index is 1.98. The van der Waals surface area contributed by atoms with E-state index in [1.807, 2.05) is 19.9 Å². The van der Waals surface area contributed by atoms with Gasteiger partial charge in [0.2, 0.25) is 5.88 Å². The summed E-state index contributed by atoms with van der Waals surface area (Å²) in [5.74, 6) is 1.42. The molecule has 0 saturated carbocycles. The number of hydrogen-bond donors (Lipinski definition) is 1. The van der Waals surface area contributed by atoms with Crippen molar-refractivity contribution in [2.45, 2.75) is 58.3 Å². The van der Waals surface area contributed by atoms with Crippen molar-refractivity contribution < 1.29 is 9.47 Å². The molecule has 0 radical (unpaired) electrons. The van der Waals surface area contributed by atoms with Crippen LogP contribution in [0.3, 0.4) is 0 Å². The van der Waals surface area contributed by atoms with E-state index in [1.54, 1.807) is 0 Å². The molecule has 0 bridgehead atoms. The van der Waals surface area contributed by atoms with E-state index in [1.165, 1.54) is 6.33 Å². The van der Waals surface area contributed by atoms with Crippen LogP contribution in [0, 0.1) is 0 Å². The molecule has 1 N–H and O–H groups in total. The van der Waals surface area contributed by atoms with Crippen LogP contribution in [0.2, 0.25) is 0 Å². The van der Waals surface area contributed by atoms with Crippen LogP contribution in [0.15, 0.2) is 12.4 Å². The fraction of sp³-hybridized carbons (Fsp3) is 0.714. The summed E-state index contributed by atoms with van der Waals surface area (Å²) in [6.07, 6.45) is 3.61. The van der Waals surface area contributed by atoms with Gasteiger partial charge in [-0.05, 0) is 40.5 Å². The Labute approximate surface area is 114 Å². The largest absolute Gasteiger partial charge is 0.475 e. The molecule has 2 rings (SSSR count). The second kappa shape index (κ2) is 5.74. The van der Waals surface area contributed by atoms with Crippen LogP contribution in [0.5, 0.6) is 5.88 Å². The summed E-state index contributed by atoms with van der Waals surface area (Å²) in [5.41, 5.74) is -0.0692. The quantitative estimate of drug-likeness (QED) is 0.907. The van der Waals surface area contributed by atoms with Gasteiger partial charge in [0.25, 0.3) is 0 Å². The normalized spacial score (nSPS) is 22.3. The van der Waals surface area contributed by atoms with Crippen molar-refractivity contribution in [1.82, 2.24) is 9.97 Å². The molecule has 5 heteroatoms. The standard InChI is InChI=1S/C14H23N3O2/c1-10(2)19-13-7-12(15-9-16-13)17-11-5-6-18-14(3,4)8-11/h7,9-11H,5-6,8H2,1-4H3,(H,15,16,17). The zero-order chi connectivity index (χ0) is 13.9. The van der Waals surface area contributed by atoms with Gasteiger partial charge in [-0.2, -0.15) is 0 Å². The molecule has 2 heterocycles. The lowest BCUT2D eigenvalue weighted by molar-refractivity contribution is -0.0553. The van der Waals surface area contributed by atoms with Gasteiger partial charge in [0.15, 0.2) is 0 Å². The second-order valence-electron chi connectivity index (χ2n) is 5.85. The van der Waals surface area contributed by atoms with Gasteiger partial charge in [-0.3, -0.25) is 0 Å². The Hall–Kier alpha value is -1.36. The summed E-state index contributed by atoms with van der Waals surface area (Å²) >= 11 is 0. The van der Waals surface area contributed by atoms with Crippen LogP contribution < -0.4 is 10.1 Å². The van der Waals surface area contributed by atoms with Crippen molar-refractivity contribution >= 4 is 5.82 Å². The van der Waals surface area contributed by atoms with Gasteiger partial charge in [0, 0.05) is 18.7 Å². The minimum absolute atomic E-state index is 0.0692. The fourth-order valence-corrected chi connectivity index (χ4v) is 2.29. The molecule has 1 aromatic rings. The summed E-state index contributed by atoms with van der Waals surface area (Å²) < 4.78 is 11.3. The van der Waals surface area contributed by atoms with Crippen LogP contribution >= 0.6 is 0 Å². The van der Waals surface area contributed by atoms with Crippen LogP contribution in [0.25, 0.3) is 0 Å². The van der Waals surface area contributed by atoms with Gasteiger partial charge in [-0.15, -0.1) is 0 Å². The zero-order valence-electron chi connectivity index (χ0n) is 12.1. The highest BCUT2D eigenvalue weighted by Crippen LogP contribution is 2.26. The van der Waals surface area contributed by atoms with E-state index in [2.05, 4.69) is 29.1 Å². The first-order valence-electron chi connectivity index (χ1n) is 6.84. The summed E-state index contributed by atoms with van der Waals surface area (Å²) in [6.45, 7) is 8.99. The predicted molar refractivity (Wildman–Crippen MR) is 74.5 cm³/mol. The van der Waals surface area contributed by atoms with Gasteiger partial charge in [-0.1, -0.05) is 0 Å². The maximum Gasteiger partial charge on any atom is 0.218 e. The first-order valence-corrected chi connectivity index (χ1v) is 6.84. The van der Waals surface area contributed by atoms with Gasteiger partial charge in [-0.25, -0.2) is 9.97 Å². The van der Waals surface area contributed by atoms with Gasteiger partial charge >= 0.3 is 0 Å². The number of anilines is 1. The van der Waals surface area contributed by atoms with Gasteiger partial charge in [0.05, 0.1) is 11.7 Å². The van der Waals surface area contributed by atoms with Gasteiger partial charge in [0.1, 0.15) is 12.1 Å². The van der Waals surface area contributed by atoms with E-state index in [0.717, 1.165) is 25.3 Å². The summed E-state index contributed by atoms with van der Waals surface area (Å²) in [5, 5.41) is 3.44. The Morgan fingerprint density at radius 2 is 2.21 bits per heavy atom. The molecular weight excluding hydrogens is 242 g/mol. The smallest absolute Gasteiger partial charge is 0.218 e. The summed E-state index contributed by atoms with van der Waals surface area (Å²) in [7, 11) is 0. The third-order valence-corrected chi connectivity index (χ3v) is 3.05. The minimum atomic E-state index is -0.0692. The Kier molecular flexibility index (Phi) is 4.24. The summed E-state index contributed by atoms with van der Waals surface area (Å²) in [4.78, 5) is 8.35. The monoisotopic (exact) mass is 265 g/mol. The molecule has 5 nitrogen and oxygen atoms in total. The molecular formula is C14H23N3O2. The average Bonchev–Trinajstić information content (AvgIpc) is 2.26. The van der Waals surface area contributed by atoms with Crippen molar-refractivity contribution in [3.8, 4) is 5.88 Å². The molecule has 1 fully saturated rings. The van der Waals surface area contributed by atoms with Crippen molar-refractivity contribution in [1.29, 1.82) is 0 Å². The van der Waals surface area contributed by atoms with Crippen molar-refractivity contribution in [3.05, 3.63) is 12.4 Å². The second-order valence-corrected chi connectivity index (χ2v) is 5.85. The molecule has 0 spiro atoms. The van der Waals surface area contributed by atoms with Crippen LogP contribution in [-0.4, -0.2) is 34.3 Å². The lowest BCUT2D eigenvalue weighted by Gasteiger charge is -2.36.